The van der Waals surface area contributed by atoms with Crippen LogP contribution in [0.2, 0.25) is 0 Å². The maximum absolute atomic E-state index is 12.9. The van der Waals surface area contributed by atoms with E-state index in [4.69, 9.17) is 4.74 Å². The molecule has 2 amide bonds. The van der Waals surface area contributed by atoms with Crippen LogP contribution in [-0.4, -0.2) is 59.8 Å². The van der Waals surface area contributed by atoms with Crippen LogP contribution >= 0.6 is 0 Å². The number of amides is 2. The Kier molecular flexibility index (Phi) is 5.53. The minimum absolute atomic E-state index is 0.0714. The summed E-state index contributed by atoms with van der Waals surface area (Å²) in [5.41, 5.74) is 0.588. The van der Waals surface area contributed by atoms with Crippen molar-refractivity contribution in [3.63, 3.8) is 0 Å². The third-order valence-electron chi connectivity index (χ3n) is 5.47. The van der Waals surface area contributed by atoms with Crippen molar-refractivity contribution in [2.45, 2.75) is 0 Å². The predicted octanol–water partition coefficient (Wildman–Crippen LogP) is 3.35. The lowest BCUT2D eigenvalue weighted by atomic mass is 10.1. The number of methoxy groups -OCH3 is 1. The highest BCUT2D eigenvalue weighted by molar-refractivity contribution is 5.99. The van der Waals surface area contributed by atoms with Gasteiger partial charge in [0.1, 0.15) is 0 Å². The Morgan fingerprint density at radius 2 is 1.39 bits per heavy atom. The maximum Gasteiger partial charge on any atom is 0.311 e. The van der Waals surface area contributed by atoms with Gasteiger partial charge in [-0.25, -0.2) is 0 Å². The van der Waals surface area contributed by atoms with Crippen LogP contribution in [0.4, 0.5) is 5.69 Å². The third-order valence-corrected chi connectivity index (χ3v) is 5.47. The summed E-state index contributed by atoms with van der Waals surface area (Å²) in [6, 6.07) is 17.7. The maximum atomic E-state index is 12.9. The van der Waals surface area contributed by atoms with Crippen molar-refractivity contribution in [2.75, 3.05) is 33.3 Å². The highest BCUT2D eigenvalue weighted by Crippen LogP contribution is 2.28. The number of nitro benzene ring substituents is 1. The van der Waals surface area contributed by atoms with Gasteiger partial charge in [0.05, 0.1) is 12.0 Å². The number of piperazine rings is 1. The van der Waals surface area contributed by atoms with Crippen LogP contribution in [0.15, 0.2) is 60.7 Å². The molecule has 3 aromatic rings. The second-order valence-electron chi connectivity index (χ2n) is 7.29. The third kappa shape index (κ3) is 4.05. The number of carbonyl (C=O) groups is 2. The number of hydrogen-bond donors (Lipinski definition) is 0. The van der Waals surface area contributed by atoms with E-state index in [0.29, 0.717) is 31.7 Å². The molecule has 1 aliphatic heterocycles. The number of ether oxygens (including phenoxy) is 1. The minimum Gasteiger partial charge on any atom is -0.490 e. The van der Waals surface area contributed by atoms with Crippen LogP contribution in [0.25, 0.3) is 10.8 Å². The quantitative estimate of drug-likeness (QED) is 0.478. The van der Waals surface area contributed by atoms with Crippen molar-refractivity contribution in [1.82, 2.24) is 9.80 Å². The second kappa shape index (κ2) is 8.43. The average Bonchev–Trinajstić information content (AvgIpc) is 2.82. The fourth-order valence-electron chi connectivity index (χ4n) is 3.77. The van der Waals surface area contributed by atoms with E-state index in [1.54, 1.807) is 9.80 Å². The monoisotopic (exact) mass is 419 g/mol. The molecule has 1 fully saturated rings. The number of fused-ring (bicyclic) bond motifs is 1. The molecule has 0 aromatic heterocycles. The van der Waals surface area contributed by atoms with Crippen molar-refractivity contribution in [2.24, 2.45) is 0 Å². The van der Waals surface area contributed by atoms with Crippen LogP contribution < -0.4 is 4.74 Å². The molecular formula is C23H21N3O5. The molecule has 0 atom stereocenters. The lowest BCUT2D eigenvalue weighted by Crippen LogP contribution is -2.50. The highest BCUT2D eigenvalue weighted by Gasteiger charge is 2.27. The Balaban J connectivity index is 1.44. The van der Waals surface area contributed by atoms with E-state index in [9.17, 15) is 19.7 Å². The number of rotatable bonds is 4. The normalized spacial score (nSPS) is 13.8. The van der Waals surface area contributed by atoms with E-state index in [1.165, 1.54) is 25.3 Å². The van der Waals surface area contributed by atoms with E-state index in [1.807, 2.05) is 42.5 Å². The van der Waals surface area contributed by atoms with Crippen molar-refractivity contribution in [1.29, 1.82) is 0 Å². The second-order valence-corrected chi connectivity index (χ2v) is 7.29. The first-order chi connectivity index (χ1) is 15.0. The Morgan fingerprint density at radius 1 is 0.839 bits per heavy atom. The number of nitrogens with zero attached hydrogens (tertiary/aromatic N) is 3. The fourth-order valence-corrected chi connectivity index (χ4v) is 3.77. The van der Waals surface area contributed by atoms with Crippen molar-refractivity contribution in [3.05, 3.63) is 81.9 Å². The van der Waals surface area contributed by atoms with Crippen LogP contribution in [0.3, 0.4) is 0 Å². The summed E-state index contributed by atoms with van der Waals surface area (Å²) in [7, 11) is 1.34. The Labute approximate surface area is 178 Å². The lowest BCUT2D eigenvalue weighted by molar-refractivity contribution is -0.385. The van der Waals surface area contributed by atoms with Gasteiger partial charge in [0.2, 0.25) is 0 Å². The van der Waals surface area contributed by atoms with E-state index in [0.717, 1.165) is 10.8 Å². The summed E-state index contributed by atoms with van der Waals surface area (Å²) in [5, 5.41) is 13.3. The molecule has 31 heavy (non-hydrogen) atoms. The first-order valence-corrected chi connectivity index (χ1v) is 9.87. The Bertz CT molecular complexity index is 1170. The highest BCUT2D eigenvalue weighted by atomic mass is 16.6. The molecule has 0 unspecified atom stereocenters. The SMILES string of the molecule is COc1ccc(C(=O)N2CCN(C(=O)c3ccc4ccccc4c3)CC2)cc1[N+](=O)[O-]. The molecule has 0 spiro atoms. The summed E-state index contributed by atoms with van der Waals surface area (Å²) in [5.74, 6) is -0.270. The molecule has 0 aliphatic carbocycles. The van der Waals surface area contributed by atoms with Crippen LogP contribution in [0.1, 0.15) is 20.7 Å². The molecule has 0 bridgehead atoms. The molecular weight excluding hydrogens is 398 g/mol. The van der Waals surface area contributed by atoms with Gasteiger partial charge in [0, 0.05) is 43.4 Å². The molecule has 8 heteroatoms. The van der Waals surface area contributed by atoms with Crippen LogP contribution in [-0.2, 0) is 0 Å². The lowest BCUT2D eigenvalue weighted by Gasteiger charge is -2.35. The molecule has 1 aliphatic rings. The fraction of sp³-hybridized carbons (Fsp3) is 0.217. The van der Waals surface area contributed by atoms with Crippen molar-refractivity contribution < 1.29 is 19.2 Å². The first-order valence-electron chi connectivity index (χ1n) is 9.87. The van der Waals surface area contributed by atoms with Gasteiger partial charge in [-0.2, -0.15) is 0 Å². The molecule has 0 radical (unpaired) electrons. The Hall–Kier alpha value is -3.94. The summed E-state index contributed by atoms with van der Waals surface area (Å²) in [6.07, 6.45) is 0. The smallest absolute Gasteiger partial charge is 0.311 e. The number of benzene rings is 3. The van der Waals surface area contributed by atoms with E-state index in [2.05, 4.69) is 0 Å². The van der Waals surface area contributed by atoms with Crippen molar-refractivity contribution in [3.8, 4) is 5.75 Å². The zero-order chi connectivity index (χ0) is 22.0. The zero-order valence-corrected chi connectivity index (χ0v) is 17.0. The molecule has 4 rings (SSSR count). The van der Waals surface area contributed by atoms with Gasteiger partial charge in [0.25, 0.3) is 11.8 Å². The average molecular weight is 419 g/mol. The van der Waals surface area contributed by atoms with Crippen LogP contribution in [0.5, 0.6) is 5.75 Å². The molecule has 0 saturated carbocycles. The van der Waals surface area contributed by atoms with Gasteiger partial charge in [-0.15, -0.1) is 0 Å². The minimum atomic E-state index is -0.574. The first kappa shape index (κ1) is 20.3. The van der Waals surface area contributed by atoms with E-state index >= 15 is 0 Å². The molecule has 158 valence electrons. The molecule has 3 aromatic carbocycles. The van der Waals surface area contributed by atoms with Gasteiger partial charge in [-0.1, -0.05) is 30.3 Å². The van der Waals surface area contributed by atoms with Gasteiger partial charge in [-0.3, -0.25) is 19.7 Å². The zero-order valence-electron chi connectivity index (χ0n) is 17.0. The Morgan fingerprint density at radius 3 is 1.97 bits per heavy atom. The summed E-state index contributed by atoms with van der Waals surface area (Å²) in [6.45, 7) is 1.52. The number of carbonyl (C=O) groups excluding carboxylic acids is 2. The summed E-state index contributed by atoms with van der Waals surface area (Å²) < 4.78 is 4.99. The topological polar surface area (TPSA) is 93.0 Å². The van der Waals surface area contributed by atoms with Crippen molar-refractivity contribution >= 4 is 28.3 Å². The number of nitro groups is 1. The van der Waals surface area contributed by atoms with Crippen LogP contribution in [0, 0.1) is 10.1 Å². The summed E-state index contributed by atoms with van der Waals surface area (Å²) in [4.78, 5) is 39.7. The van der Waals surface area contributed by atoms with Gasteiger partial charge in [-0.05, 0) is 35.0 Å². The largest absolute Gasteiger partial charge is 0.490 e. The predicted molar refractivity (Wildman–Crippen MR) is 115 cm³/mol. The van der Waals surface area contributed by atoms with Gasteiger partial charge < -0.3 is 14.5 Å². The van der Waals surface area contributed by atoms with Gasteiger partial charge >= 0.3 is 5.69 Å². The molecule has 1 heterocycles. The molecule has 8 nitrogen and oxygen atoms in total. The molecule has 1 saturated heterocycles. The summed E-state index contributed by atoms with van der Waals surface area (Å²) >= 11 is 0. The van der Waals surface area contributed by atoms with Gasteiger partial charge in [0.15, 0.2) is 5.75 Å². The standard InChI is InChI=1S/C23H21N3O5/c1-31-21-9-8-19(15-20(21)26(29)30)23(28)25-12-10-24(11-13-25)22(27)18-7-6-16-4-2-3-5-17(16)14-18/h2-9,14-15H,10-13H2,1H3. The number of hydrogen-bond acceptors (Lipinski definition) is 5. The van der Waals surface area contributed by atoms with E-state index in [-0.39, 0.29) is 28.8 Å². The molecule has 0 N–H and O–H groups in total. The van der Waals surface area contributed by atoms with E-state index < -0.39 is 4.92 Å².